The molecule has 0 fully saturated rings. The molecule has 0 aromatic heterocycles. The predicted octanol–water partition coefficient (Wildman–Crippen LogP) is 3.21. The molecule has 2 aromatic rings. The summed E-state index contributed by atoms with van der Waals surface area (Å²) in [7, 11) is 0. The summed E-state index contributed by atoms with van der Waals surface area (Å²) in [4.78, 5) is 0. The zero-order chi connectivity index (χ0) is 13.1. The smallest absolute Gasteiger partial charge is 0.115 e. The van der Waals surface area contributed by atoms with E-state index in [1.54, 1.807) is 12.1 Å². The number of rotatable bonds is 3. The highest BCUT2D eigenvalue weighted by atomic mass is 16.3. The van der Waals surface area contributed by atoms with Gasteiger partial charge in [0.05, 0.1) is 0 Å². The van der Waals surface area contributed by atoms with Crippen LogP contribution in [0.4, 0.5) is 0 Å². The van der Waals surface area contributed by atoms with Gasteiger partial charge in [0.25, 0.3) is 0 Å². The summed E-state index contributed by atoms with van der Waals surface area (Å²) in [6.45, 7) is 1.07. The molecule has 1 heterocycles. The third-order valence-electron chi connectivity index (χ3n) is 3.87. The minimum Gasteiger partial charge on any atom is -0.508 e. The molecular formula is C17H19NO. The van der Waals surface area contributed by atoms with Gasteiger partial charge in [0.15, 0.2) is 0 Å². The monoisotopic (exact) mass is 253 g/mol. The Labute approximate surface area is 114 Å². The van der Waals surface area contributed by atoms with Crippen LogP contribution in [-0.4, -0.2) is 11.7 Å². The van der Waals surface area contributed by atoms with E-state index in [2.05, 4.69) is 29.6 Å². The minimum atomic E-state index is 0.338. The molecule has 0 radical (unpaired) electrons. The van der Waals surface area contributed by atoms with Gasteiger partial charge in [0.2, 0.25) is 0 Å². The van der Waals surface area contributed by atoms with E-state index in [9.17, 15) is 5.11 Å². The Hall–Kier alpha value is -1.80. The van der Waals surface area contributed by atoms with Crippen LogP contribution in [0.15, 0.2) is 48.5 Å². The molecule has 0 amide bonds. The van der Waals surface area contributed by atoms with Crippen molar-refractivity contribution in [1.82, 2.24) is 5.32 Å². The molecule has 0 saturated heterocycles. The van der Waals surface area contributed by atoms with Gasteiger partial charge in [-0.1, -0.05) is 36.4 Å². The molecule has 0 aliphatic carbocycles. The lowest BCUT2D eigenvalue weighted by molar-refractivity contribution is 0.471. The van der Waals surface area contributed by atoms with E-state index in [0.29, 0.717) is 11.8 Å². The summed E-state index contributed by atoms with van der Waals surface area (Å²) in [5.41, 5.74) is 4.21. The minimum absolute atomic E-state index is 0.338. The maximum atomic E-state index is 9.29. The molecule has 2 nitrogen and oxygen atoms in total. The van der Waals surface area contributed by atoms with Gasteiger partial charge in [-0.25, -0.2) is 0 Å². The first kappa shape index (κ1) is 12.2. The average Bonchev–Trinajstić information content (AvgIpc) is 2.47. The van der Waals surface area contributed by atoms with Gasteiger partial charge in [-0.05, 0) is 54.6 Å². The van der Waals surface area contributed by atoms with E-state index in [1.807, 2.05) is 12.1 Å². The number of phenolic OH excluding ortho intramolecular Hbond substituents is 1. The summed E-state index contributed by atoms with van der Waals surface area (Å²) < 4.78 is 0. The van der Waals surface area contributed by atoms with E-state index in [1.165, 1.54) is 16.7 Å². The molecular weight excluding hydrogens is 234 g/mol. The third kappa shape index (κ3) is 2.79. The number of hydrogen-bond donors (Lipinski definition) is 2. The second-order valence-electron chi connectivity index (χ2n) is 5.16. The first-order valence-corrected chi connectivity index (χ1v) is 6.92. The topological polar surface area (TPSA) is 32.3 Å². The lowest BCUT2D eigenvalue weighted by atomic mass is 9.91. The molecule has 0 saturated carbocycles. The first-order valence-electron chi connectivity index (χ1n) is 6.92. The second kappa shape index (κ2) is 5.45. The molecule has 1 aliphatic rings. The van der Waals surface area contributed by atoms with E-state index in [0.717, 1.165) is 25.8 Å². The Kier molecular flexibility index (Phi) is 3.51. The number of aromatic hydroxyl groups is 1. The molecule has 2 aromatic carbocycles. The number of nitrogens with one attached hydrogen (secondary N) is 1. The van der Waals surface area contributed by atoms with Crippen molar-refractivity contribution in [3.05, 3.63) is 65.2 Å². The molecule has 1 atom stereocenters. The lowest BCUT2D eigenvalue weighted by Gasteiger charge is -2.27. The van der Waals surface area contributed by atoms with E-state index >= 15 is 0 Å². The van der Waals surface area contributed by atoms with Gasteiger partial charge >= 0.3 is 0 Å². The number of aryl methyl sites for hydroxylation is 1. The predicted molar refractivity (Wildman–Crippen MR) is 77.3 cm³/mol. The Morgan fingerprint density at radius 2 is 1.84 bits per heavy atom. The number of hydrogen-bond acceptors (Lipinski definition) is 2. The molecule has 98 valence electrons. The highest BCUT2D eigenvalue weighted by Crippen LogP contribution is 2.26. The van der Waals surface area contributed by atoms with Crippen LogP contribution in [0, 0.1) is 0 Å². The Bertz CT molecular complexity index is 547. The molecule has 2 N–H and O–H groups in total. The van der Waals surface area contributed by atoms with Crippen LogP contribution in [0.2, 0.25) is 0 Å². The molecule has 2 heteroatoms. The maximum absolute atomic E-state index is 9.29. The standard InChI is InChI=1S/C17H19NO/c19-15-8-5-13(6-9-15)7-10-17-16-4-2-1-3-14(16)11-12-18-17/h1-6,8-9,17-19H,7,10-12H2. The van der Waals surface area contributed by atoms with E-state index in [-0.39, 0.29) is 0 Å². The van der Waals surface area contributed by atoms with Crippen molar-refractivity contribution in [2.75, 3.05) is 6.54 Å². The number of phenols is 1. The zero-order valence-electron chi connectivity index (χ0n) is 11.0. The second-order valence-corrected chi connectivity index (χ2v) is 5.16. The average molecular weight is 253 g/mol. The van der Waals surface area contributed by atoms with Gasteiger partial charge in [-0.2, -0.15) is 0 Å². The third-order valence-corrected chi connectivity index (χ3v) is 3.87. The van der Waals surface area contributed by atoms with E-state index in [4.69, 9.17) is 0 Å². The number of fused-ring (bicyclic) bond motifs is 1. The quantitative estimate of drug-likeness (QED) is 0.880. The van der Waals surface area contributed by atoms with Crippen LogP contribution in [0.3, 0.4) is 0 Å². The number of benzene rings is 2. The Morgan fingerprint density at radius 3 is 2.68 bits per heavy atom. The molecule has 3 rings (SSSR count). The van der Waals surface area contributed by atoms with Crippen LogP contribution in [0.5, 0.6) is 5.75 Å². The molecule has 1 aliphatic heterocycles. The summed E-state index contributed by atoms with van der Waals surface area (Å²) >= 11 is 0. The van der Waals surface area contributed by atoms with Crippen molar-refractivity contribution in [2.45, 2.75) is 25.3 Å². The van der Waals surface area contributed by atoms with Crippen LogP contribution in [0.1, 0.15) is 29.2 Å². The van der Waals surface area contributed by atoms with Gasteiger partial charge in [0, 0.05) is 6.04 Å². The van der Waals surface area contributed by atoms with E-state index < -0.39 is 0 Å². The van der Waals surface area contributed by atoms with Gasteiger partial charge < -0.3 is 10.4 Å². The van der Waals surface area contributed by atoms with Gasteiger partial charge in [-0.3, -0.25) is 0 Å². The first-order chi connectivity index (χ1) is 9.33. The summed E-state index contributed by atoms with van der Waals surface area (Å²) in [6, 6.07) is 16.7. The molecule has 19 heavy (non-hydrogen) atoms. The highest BCUT2D eigenvalue weighted by molar-refractivity contribution is 5.33. The fourth-order valence-electron chi connectivity index (χ4n) is 2.82. The SMILES string of the molecule is Oc1ccc(CCC2NCCc3ccccc32)cc1. The summed E-state index contributed by atoms with van der Waals surface area (Å²) in [5, 5.41) is 12.9. The van der Waals surface area contributed by atoms with Gasteiger partial charge in [-0.15, -0.1) is 0 Å². The van der Waals surface area contributed by atoms with Gasteiger partial charge in [0.1, 0.15) is 5.75 Å². The van der Waals surface area contributed by atoms with Crippen LogP contribution < -0.4 is 5.32 Å². The highest BCUT2D eigenvalue weighted by Gasteiger charge is 2.18. The lowest BCUT2D eigenvalue weighted by Crippen LogP contribution is -2.30. The van der Waals surface area contributed by atoms with Crippen molar-refractivity contribution in [1.29, 1.82) is 0 Å². The largest absolute Gasteiger partial charge is 0.508 e. The molecule has 1 unspecified atom stereocenters. The fraction of sp³-hybridized carbons (Fsp3) is 0.294. The van der Waals surface area contributed by atoms with Crippen molar-refractivity contribution in [3.8, 4) is 5.75 Å². The zero-order valence-corrected chi connectivity index (χ0v) is 11.0. The Morgan fingerprint density at radius 1 is 1.05 bits per heavy atom. The molecule has 0 spiro atoms. The van der Waals surface area contributed by atoms with Crippen molar-refractivity contribution < 1.29 is 5.11 Å². The van der Waals surface area contributed by atoms with Crippen molar-refractivity contribution >= 4 is 0 Å². The maximum Gasteiger partial charge on any atom is 0.115 e. The Balaban J connectivity index is 1.69. The van der Waals surface area contributed by atoms with Crippen LogP contribution >= 0.6 is 0 Å². The fourth-order valence-corrected chi connectivity index (χ4v) is 2.82. The van der Waals surface area contributed by atoms with Crippen LogP contribution in [0.25, 0.3) is 0 Å². The summed E-state index contributed by atoms with van der Waals surface area (Å²) in [5.74, 6) is 0.338. The van der Waals surface area contributed by atoms with Crippen LogP contribution in [-0.2, 0) is 12.8 Å². The summed E-state index contributed by atoms with van der Waals surface area (Å²) in [6.07, 6.45) is 3.26. The molecule has 0 bridgehead atoms. The normalized spacial score (nSPS) is 18.0. The van der Waals surface area contributed by atoms with Crippen molar-refractivity contribution in [2.24, 2.45) is 0 Å². The van der Waals surface area contributed by atoms with Crippen molar-refractivity contribution in [3.63, 3.8) is 0 Å².